The van der Waals surface area contributed by atoms with Crippen LogP contribution in [-0.4, -0.2) is 28.7 Å². The number of hydrogen-bond acceptors (Lipinski definition) is 6. The van der Waals surface area contributed by atoms with Crippen LogP contribution in [-0.2, 0) is 29.9 Å². The predicted octanol–water partition coefficient (Wildman–Crippen LogP) is 4.57. The van der Waals surface area contributed by atoms with Crippen molar-refractivity contribution in [3.63, 3.8) is 0 Å². The number of amides is 1. The van der Waals surface area contributed by atoms with Gasteiger partial charge in [-0.25, -0.2) is 4.98 Å². The van der Waals surface area contributed by atoms with Gasteiger partial charge < -0.3 is 15.0 Å². The van der Waals surface area contributed by atoms with Crippen molar-refractivity contribution in [3.8, 4) is 5.75 Å². The summed E-state index contributed by atoms with van der Waals surface area (Å²) in [5, 5.41) is 6.00. The molecule has 1 aliphatic rings. The van der Waals surface area contributed by atoms with Crippen LogP contribution in [0, 0.1) is 0 Å². The molecular weight excluding hydrogens is 454 g/mol. The standard InChI is InChI=1S/C25H25N3O3S2/c1-31-18-8-7-16-11-15(5-6-17(16)12-18)13-26-22(29)9-10-32-14-21-27-24(30)23-19-3-2-4-20(19)33-25(23)28-21/h5-8,11-12H,2-4,9-10,13-14H2,1H3,(H,26,29)(H,27,28,30). The predicted molar refractivity (Wildman–Crippen MR) is 135 cm³/mol. The quantitative estimate of drug-likeness (QED) is 0.362. The summed E-state index contributed by atoms with van der Waals surface area (Å²) in [4.78, 5) is 34.6. The average Bonchev–Trinajstić information content (AvgIpc) is 3.41. The minimum atomic E-state index is -0.0263. The summed E-state index contributed by atoms with van der Waals surface area (Å²) in [6.45, 7) is 0.500. The summed E-state index contributed by atoms with van der Waals surface area (Å²) >= 11 is 3.26. The van der Waals surface area contributed by atoms with Gasteiger partial charge in [-0.3, -0.25) is 9.59 Å². The summed E-state index contributed by atoms with van der Waals surface area (Å²) in [6.07, 6.45) is 3.60. The maximum absolute atomic E-state index is 12.5. The van der Waals surface area contributed by atoms with E-state index in [1.807, 2.05) is 30.3 Å². The second kappa shape index (κ2) is 9.57. The molecule has 0 saturated carbocycles. The Morgan fingerprint density at radius 3 is 2.94 bits per heavy atom. The summed E-state index contributed by atoms with van der Waals surface area (Å²) in [6, 6.07) is 12.1. The van der Waals surface area contributed by atoms with E-state index in [4.69, 9.17) is 4.74 Å². The number of rotatable bonds is 8. The van der Waals surface area contributed by atoms with E-state index < -0.39 is 0 Å². The first-order valence-electron chi connectivity index (χ1n) is 11.1. The van der Waals surface area contributed by atoms with Crippen LogP contribution in [0.2, 0.25) is 0 Å². The molecule has 1 aliphatic carbocycles. The molecule has 6 nitrogen and oxygen atoms in total. The van der Waals surface area contributed by atoms with Crippen LogP contribution in [0.1, 0.15) is 34.7 Å². The van der Waals surface area contributed by atoms with Gasteiger partial charge in [0.15, 0.2) is 0 Å². The fourth-order valence-electron chi connectivity index (χ4n) is 4.25. The minimum absolute atomic E-state index is 0.0175. The van der Waals surface area contributed by atoms with Gasteiger partial charge in [0.2, 0.25) is 5.91 Å². The topological polar surface area (TPSA) is 84.1 Å². The first kappa shape index (κ1) is 22.0. The first-order chi connectivity index (χ1) is 16.1. The van der Waals surface area contributed by atoms with Crippen molar-refractivity contribution in [1.82, 2.24) is 15.3 Å². The summed E-state index contributed by atoms with van der Waals surface area (Å²) in [5.41, 5.74) is 2.24. The Morgan fingerprint density at radius 1 is 1.21 bits per heavy atom. The van der Waals surface area contributed by atoms with Gasteiger partial charge >= 0.3 is 0 Å². The molecule has 2 aromatic carbocycles. The van der Waals surface area contributed by atoms with Crippen molar-refractivity contribution < 1.29 is 9.53 Å². The lowest BCUT2D eigenvalue weighted by Gasteiger charge is -2.08. The van der Waals surface area contributed by atoms with E-state index in [9.17, 15) is 9.59 Å². The second-order valence-corrected chi connectivity index (χ2v) is 10.4. The van der Waals surface area contributed by atoms with Gasteiger partial charge in [-0.15, -0.1) is 11.3 Å². The van der Waals surface area contributed by atoms with Gasteiger partial charge in [0, 0.05) is 23.6 Å². The molecule has 33 heavy (non-hydrogen) atoms. The van der Waals surface area contributed by atoms with Gasteiger partial charge in [0.05, 0.1) is 18.2 Å². The zero-order valence-corrected chi connectivity index (χ0v) is 20.0. The number of hydrogen-bond donors (Lipinski definition) is 2. The smallest absolute Gasteiger partial charge is 0.259 e. The molecule has 2 heterocycles. The van der Waals surface area contributed by atoms with Crippen LogP contribution in [0.15, 0.2) is 41.2 Å². The normalized spacial score (nSPS) is 12.9. The van der Waals surface area contributed by atoms with Crippen LogP contribution in [0.25, 0.3) is 21.0 Å². The molecule has 0 saturated heterocycles. The summed E-state index contributed by atoms with van der Waals surface area (Å²) < 4.78 is 5.26. The van der Waals surface area contributed by atoms with E-state index in [1.165, 1.54) is 10.4 Å². The Hall–Kier alpha value is -2.84. The molecule has 0 fully saturated rings. The Morgan fingerprint density at radius 2 is 2.06 bits per heavy atom. The highest BCUT2D eigenvalue weighted by Crippen LogP contribution is 2.34. The van der Waals surface area contributed by atoms with Crippen LogP contribution in [0.4, 0.5) is 0 Å². The van der Waals surface area contributed by atoms with Crippen molar-refractivity contribution in [3.05, 3.63) is 68.6 Å². The van der Waals surface area contributed by atoms with Gasteiger partial charge in [-0.05, 0) is 59.4 Å². The van der Waals surface area contributed by atoms with Crippen molar-refractivity contribution in [2.45, 2.75) is 38.0 Å². The molecule has 5 rings (SSSR count). The van der Waals surface area contributed by atoms with Crippen LogP contribution >= 0.6 is 23.1 Å². The number of aryl methyl sites for hydroxylation is 2. The van der Waals surface area contributed by atoms with Gasteiger partial charge in [-0.2, -0.15) is 11.8 Å². The number of benzene rings is 2. The lowest BCUT2D eigenvalue weighted by atomic mass is 10.1. The number of thiophene rings is 1. The van der Waals surface area contributed by atoms with E-state index in [1.54, 1.807) is 30.2 Å². The third kappa shape index (κ3) is 4.77. The molecule has 2 N–H and O–H groups in total. The maximum Gasteiger partial charge on any atom is 0.259 e. The van der Waals surface area contributed by atoms with Crippen LogP contribution in [0.3, 0.4) is 0 Å². The number of ether oxygens (including phenoxy) is 1. The molecule has 4 aromatic rings. The SMILES string of the molecule is COc1ccc2cc(CNC(=O)CCSCc3nc4sc5c(c4c(=O)[nH]3)CCC5)ccc2c1. The van der Waals surface area contributed by atoms with Crippen LogP contribution < -0.4 is 15.6 Å². The molecule has 170 valence electrons. The van der Waals surface area contributed by atoms with E-state index in [-0.39, 0.29) is 11.5 Å². The fraction of sp³-hybridized carbons (Fsp3) is 0.320. The number of nitrogens with one attached hydrogen (secondary N) is 2. The van der Waals surface area contributed by atoms with Gasteiger partial charge in [0.1, 0.15) is 16.4 Å². The number of fused-ring (bicyclic) bond motifs is 4. The second-order valence-electron chi connectivity index (χ2n) is 8.18. The summed E-state index contributed by atoms with van der Waals surface area (Å²) in [5.74, 6) is 2.80. The van der Waals surface area contributed by atoms with E-state index in [2.05, 4.69) is 21.4 Å². The molecule has 8 heteroatoms. The zero-order chi connectivity index (χ0) is 22.8. The monoisotopic (exact) mass is 479 g/mol. The lowest BCUT2D eigenvalue weighted by Crippen LogP contribution is -2.23. The molecule has 0 radical (unpaired) electrons. The minimum Gasteiger partial charge on any atom is -0.497 e. The van der Waals surface area contributed by atoms with E-state index in [0.717, 1.165) is 51.6 Å². The number of H-pyrrole nitrogens is 1. The molecular formula is C25H25N3O3S2. The van der Waals surface area contributed by atoms with Crippen molar-refractivity contribution in [2.75, 3.05) is 12.9 Å². The number of carbonyl (C=O) groups is 1. The maximum atomic E-state index is 12.5. The van der Waals surface area contributed by atoms with Crippen molar-refractivity contribution >= 4 is 50.0 Å². The third-order valence-electron chi connectivity index (χ3n) is 5.94. The summed E-state index contributed by atoms with van der Waals surface area (Å²) in [7, 11) is 1.66. The Kier molecular flexibility index (Phi) is 6.37. The molecule has 1 amide bonds. The zero-order valence-electron chi connectivity index (χ0n) is 18.4. The lowest BCUT2D eigenvalue weighted by molar-refractivity contribution is -0.120. The number of aromatic amines is 1. The molecule has 0 unspecified atom stereocenters. The van der Waals surface area contributed by atoms with Gasteiger partial charge in [-0.1, -0.05) is 18.2 Å². The van der Waals surface area contributed by atoms with E-state index >= 15 is 0 Å². The number of nitrogens with zero attached hydrogens (tertiary/aromatic N) is 1. The number of thioether (sulfide) groups is 1. The molecule has 0 spiro atoms. The Labute approximate surface area is 199 Å². The van der Waals surface area contributed by atoms with E-state index in [0.29, 0.717) is 30.3 Å². The molecule has 0 atom stereocenters. The third-order valence-corrected chi connectivity index (χ3v) is 8.09. The number of carbonyl (C=O) groups excluding carboxylic acids is 1. The van der Waals surface area contributed by atoms with Crippen molar-refractivity contribution in [1.29, 1.82) is 0 Å². The highest BCUT2D eigenvalue weighted by atomic mass is 32.2. The van der Waals surface area contributed by atoms with Gasteiger partial charge in [0.25, 0.3) is 5.56 Å². The average molecular weight is 480 g/mol. The molecule has 2 aromatic heterocycles. The largest absolute Gasteiger partial charge is 0.497 e. The van der Waals surface area contributed by atoms with Crippen molar-refractivity contribution in [2.24, 2.45) is 0 Å². The highest BCUT2D eigenvalue weighted by molar-refractivity contribution is 7.98. The number of methoxy groups -OCH3 is 1. The Bertz CT molecular complexity index is 1390. The number of aromatic nitrogens is 2. The first-order valence-corrected chi connectivity index (χ1v) is 13.0. The highest BCUT2D eigenvalue weighted by Gasteiger charge is 2.21. The fourth-order valence-corrected chi connectivity index (χ4v) is 6.33. The molecule has 0 bridgehead atoms. The molecule has 0 aliphatic heterocycles. The van der Waals surface area contributed by atoms with Crippen LogP contribution in [0.5, 0.6) is 5.75 Å². The Balaban J connectivity index is 1.10.